The summed E-state index contributed by atoms with van der Waals surface area (Å²) >= 11 is 6.43. The molecule has 0 saturated carbocycles. The molecule has 0 radical (unpaired) electrons. The fraction of sp³-hybridized carbons (Fsp3) is 0.640. The van der Waals surface area contributed by atoms with Crippen LogP contribution in [0.25, 0.3) is 0 Å². The maximum Gasteiger partial charge on any atom is 0.188 e. The van der Waals surface area contributed by atoms with Crippen LogP contribution in [0.1, 0.15) is 38.7 Å². The lowest BCUT2D eigenvalue weighted by Crippen LogP contribution is -2.75. The van der Waals surface area contributed by atoms with Gasteiger partial charge in [-0.2, -0.15) is 0 Å². The summed E-state index contributed by atoms with van der Waals surface area (Å²) in [6.07, 6.45) is 4.37. The normalized spacial score (nSPS) is 35.7. The summed E-state index contributed by atoms with van der Waals surface area (Å²) in [6, 6.07) is 3.74. The van der Waals surface area contributed by atoms with E-state index >= 15 is 0 Å². The van der Waals surface area contributed by atoms with Gasteiger partial charge in [-0.3, -0.25) is 9.69 Å². The van der Waals surface area contributed by atoms with Crippen molar-refractivity contribution in [3.05, 3.63) is 34.4 Å². The minimum absolute atomic E-state index is 0.0170. The van der Waals surface area contributed by atoms with E-state index in [0.717, 1.165) is 49.2 Å². The number of methoxy groups -OCH3 is 1. The van der Waals surface area contributed by atoms with Crippen molar-refractivity contribution in [3.8, 4) is 5.75 Å². The average Bonchev–Trinajstić information content (AvgIpc) is 3.14. The predicted molar refractivity (Wildman–Crippen MR) is 126 cm³/mol. The van der Waals surface area contributed by atoms with Crippen LogP contribution in [0.2, 0.25) is 5.02 Å². The standard InChI is InChI=1S/C25H33ClN2O5/c1-4-15-13-28-7-6-24-23-19(10-16(26)11-21(23)31-3)27-25(24,33-9-8-32-24)22(28)12-18(15)17(5-2)20(30)14-29/h5,10-11,15,18,22,27,29H,4,6-9,12-14H2,1-3H3/b17-5+/t15-,18+,22+,24+,25+/m1/s1. The second-order valence-electron chi connectivity index (χ2n) is 9.51. The van der Waals surface area contributed by atoms with E-state index < -0.39 is 17.9 Å². The fourth-order valence-electron chi connectivity index (χ4n) is 6.90. The number of hydrogen-bond donors (Lipinski definition) is 2. The van der Waals surface area contributed by atoms with Crippen molar-refractivity contribution in [1.82, 2.24) is 4.90 Å². The van der Waals surface area contributed by atoms with E-state index in [2.05, 4.69) is 17.1 Å². The van der Waals surface area contributed by atoms with Crippen LogP contribution in [-0.4, -0.2) is 67.6 Å². The smallest absolute Gasteiger partial charge is 0.188 e. The number of Topliss-reactive ketones (excluding diaryl/α,β-unsaturated/α-hetero) is 1. The van der Waals surface area contributed by atoms with Crippen molar-refractivity contribution < 1.29 is 24.1 Å². The lowest BCUT2D eigenvalue weighted by atomic mass is 9.66. The van der Waals surface area contributed by atoms with Gasteiger partial charge in [0.15, 0.2) is 11.5 Å². The highest BCUT2D eigenvalue weighted by molar-refractivity contribution is 6.31. The Morgan fingerprint density at radius 1 is 1.39 bits per heavy atom. The Balaban J connectivity index is 1.61. The monoisotopic (exact) mass is 476 g/mol. The van der Waals surface area contributed by atoms with Gasteiger partial charge >= 0.3 is 0 Å². The average molecular weight is 477 g/mol. The van der Waals surface area contributed by atoms with E-state index in [1.165, 1.54) is 0 Å². The number of ketones is 1. The highest BCUT2D eigenvalue weighted by Gasteiger charge is 2.70. The van der Waals surface area contributed by atoms with Crippen molar-refractivity contribution in [2.75, 3.05) is 45.3 Å². The number of nitrogens with one attached hydrogen (secondary N) is 1. The molecule has 3 saturated heterocycles. The van der Waals surface area contributed by atoms with Crippen LogP contribution in [0.5, 0.6) is 5.75 Å². The molecule has 7 nitrogen and oxygen atoms in total. The minimum Gasteiger partial charge on any atom is -0.496 e. The van der Waals surface area contributed by atoms with Crippen LogP contribution in [0.15, 0.2) is 23.8 Å². The van der Waals surface area contributed by atoms with Crippen LogP contribution in [0, 0.1) is 11.8 Å². The number of hydrogen-bond acceptors (Lipinski definition) is 7. The molecule has 5 atom stereocenters. The van der Waals surface area contributed by atoms with Crippen molar-refractivity contribution in [1.29, 1.82) is 0 Å². The second-order valence-corrected chi connectivity index (χ2v) is 9.95. The molecule has 0 spiro atoms. The Bertz CT molecular complexity index is 984. The fourth-order valence-corrected chi connectivity index (χ4v) is 7.11. The molecule has 4 aliphatic rings. The molecule has 5 rings (SSSR count). The first-order chi connectivity index (χ1) is 15.9. The van der Waals surface area contributed by atoms with Crippen LogP contribution in [0.4, 0.5) is 5.69 Å². The van der Waals surface area contributed by atoms with Crippen molar-refractivity contribution in [2.24, 2.45) is 11.8 Å². The lowest BCUT2D eigenvalue weighted by Gasteiger charge is -2.61. The molecule has 1 aromatic carbocycles. The predicted octanol–water partition coefficient (Wildman–Crippen LogP) is 3.34. The van der Waals surface area contributed by atoms with Gasteiger partial charge < -0.3 is 24.6 Å². The quantitative estimate of drug-likeness (QED) is 0.631. The zero-order chi connectivity index (χ0) is 23.4. The SMILES string of the molecule is C/C=C(/C(=O)CO)[C@H]1C[C@@H]2N(CC[C@@]34OCCO[C@@]23Nc2cc(Cl)cc(OC)c24)C[C@H]1CC. The van der Waals surface area contributed by atoms with Gasteiger partial charge in [-0.05, 0) is 49.3 Å². The molecule has 3 fully saturated rings. The molecule has 0 bridgehead atoms. The molecular weight excluding hydrogens is 444 g/mol. The first-order valence-electron chi connectivity index (χ1n) is 11.9. The Hall–Kier alpha value is -1.64. The summed E-state index contributed by atoms with van der Waals surface area (Å²) in [7, 11) is 1.66. The van der Waals surface area contributed by atoms with Gasteiger partial charge in [0.1, 0.15) is 18.0 Å². The molecule has 4 heterocycles. The van der Waals surface area contributed by atoms with Crippen LogP contribution >= 0.6 is 11.6 Å². The van der Waals surface area contributed by atoms with E-state index in [-0.39, 0.29) is 17.7 Å². The zero-order valence-corrected chi connectivity index (χ0v) is 20.3. The van der Waals surface area contributed by atoms with Crippen molar-refractivity contribution in [3.63, 3.8) is 0 Å². The molecule has 1 aromatic rings. The van der Waals surface area contributed by atoms with Crippen molar-refractivity contribution in [2.45, 2.75) is 50.5 Å². The summed E-state index contributed by atoms with van der Waals surface area (Å²) in [6.45, 7) is 6.34. The number of rotatable bonds is 5. The molecule has 0 aliphatic carbocycles. The number of halogens is 1. The van der Waals surface area contributed by atoms with Gasteiger partial charge in [-0.15, -0.1) is 0 Å². The van der Waals surface area contributed by atoms with Crippen molar-refractivity contribution >= 4 is 23.1 Å². The summed E-state index contributed by atoms with van der Waals surface area (Å²) in [5.74, 6) is 0.900. The van der Waals surface area contributed by atoms with Gasteiger partial charge in [0, 0.05) is 23.8 Å². The van der Waals surface area contributed by atoms with Gasteiger partial charge in [0.2, 0.25) is 0 Å². The topological polar surface area (TPSA) is 80.3 Å². The van der Waals surface area contributed by atoms with E-state index in [9.17, 15) is 9.90 Å². The number of nitrogens with zero attached hydrogens (tertiary/aromatic N) is 1. The number of anilines is 1. The number of benzene rings is 1. The number of piperidine rings is 2. The zero-order valence-electron chi connectivity index (χ0n) is 19.5. The molecule has 0 aromatic heterocycles. The molecule has 0 unspecified atom stereocenters. The molecule has 4 aliphatic heterocycles. The number of allylic oxidation sites excluding steroid dienone is 1. The lowest BCUT2D eigenvalue weighted by molar-refractivity contribution is -0.297. The number of carbonyl (C=O) groups is 1. The summed E-state index contributed by atoms with van der Waals surface area (Å²) < 4.78 is 19.1. The first-order valence-corrected chi connectivity index (χ1v) is 12.3. The number of ether oxygens (including phenoxy) is 3. The first kappa shape index (κ1) is 23.1. The Labute approximate surface area is 200 Å². The molecule has 33 heavy (non-hydrogen) atoms. The van der Waals surface area contributed by atoms with E-state index in [1.54, 1.807) is 7.11 Å². The number of fused-ring (bicyclic) bond motifs is 2. The third-order valence-electron chi connectivity index (χ3n) is 8.25. The highest BCUT2D eigenvalue weighted by atomic mass is 35.5. The van der Waals surface area contributed by atoms with Gasteiger partial charge in [0.25, 0.3) is 0 Å². The summed E-state index contributed by atoms with van der Waals surface area (Å²) in [5, 5.41) is 13.9. The van der Waals surface area contributed by atoms with Crippen LogP contribution in [0.3, 0.4) is 0 Å². The summed E-state index contributed by atoms with van der Waals surface area (Å²) in [5.41, 5.74) is 1.08. The molecule has 0 amide bonds. The molecule has 8 heteroatoms. The molecule has 180 valence electrons. The maximum atomic E-state index is 12.6. The van der Waals surface area contributed by atoms with Gasteiger partial charge in [-0.25, -0.2) is 0 Å². The van der Waals surface area contributed by atoms with E-state index in [4.69, 9.17) is 25.8 Å². The third-order valence-corrected chi connectivity index (χ3v) is 8.47. The van der Waals surface area contributed by atoms with Crippen LogP contribution in [-0.2, 0) is 19.9 Å². The van der Waals surface area contributed by atoms with Gasteiger partial charge in [0.05, 0.1) is 31.9 Å². The number of aliphatic hydroxyl groups excluding tert-OH is 1. The largest absolute Gasteiger partial charge is 0.496 e. The number of aliphatic hydroxyl groups is 1. The van der Waals surface area contributed by atoms with E-state index in [1.807, 2.05) is 25.1 Å². The third kappa shape index (κ3) is 3.20. The minimum atomic E-state index is -0.804. The second kappa shape index (κ2) is 8.54. The highest BCUT2D eigenvalue weighted by Crippen LogP contribution is 2.62. The Morgan fingerprint density at radius 3 is 2.88 bits per heavy atom. The number of carbonyl (C=O) groups excluding carboxylic acids is 1. The molecule has 2 N–H and O–H groups in total. The summed E-state index contributed by atoms with van der Waals surface area (Å²) in [4.78, 5) is 15.1. The van der Waals surface area contributed by atoms with Gasteiger partial charge in [-0.1, -0.05) is 31.0 Å². The van der Waals surface area contributed by atoms with Crippen LogP contribution < -0.4 is 10.1 Å². The Kier molecular flexibility index (Phi) is 5.98. The van der Waals surface area contributed by atoms with E-state index in [0.29, 0.717) is 29.9 Å². The molecular formula is C25H33ClN2O5. The Morgan fingerprint density at radius 2 is 2.18 bits per heavy atom. The maximum absolute atomic E-state index is 12.6.